The average molecular weight is 370 g/mol. The molecule has 1 saturated heterocycles. The van der Waals surface area contributed by atoms with Crippen LogP contribution in [0.5, 0.6) is 0 Å². The average Bonchev–Trinajstić information content (AvgIpc) is 2.65. The van der Waals surface area contributed by atoms with Crippen molar-refractivity contribution in [2.45, 2.75) is 17.7 Å². The smallest absolute Gasteiger partial charge is 0.305 e. The van der Waals surface area contributed by atoms with Crippen LogP contribution in [0.25, 0.3) is 0 Å². The summed E-state index contributed by atoms with van der Waals surface area (Å²) >= 11 is 0. The van der Waals surface area contributed by atoms with Gasteiger partial charge in [0.15, 0.2) is 0 Å². The van der Waals surface area contributed by atoms with Crippen LogP contribution in [-0.4, -0.2) is 64.6 Å². The highest BCUT2D eigenvalue weighted by atomic mass is 32.2. The second-order valence-corrected chi connectivity index (χ2v) is 7.42. The molecule has 1 N–H and O–H groups in total. The highest BCUT2D eigenvalue weighted by molar-refractivity contribution is 7.89. The van der Waals surface area contributed by atoms with Gasteiger partial charge in [0, 0.05) is 31.6 Å². The zero-order valence-corrected chi connectivity index (χ0v) is 14.9. The molecule has 8 nitrogen and oxygen atoms in total. The lowest BCUT2D eigenvalue weighted by Gasteiger charge is -2.26. The number of nitrogens with one attached hydrogen (secondary N) is 1. The van der Waals surface area contributed by atoms with Crippen molar-refractivity contribution in [1.82, 2.24) is 9.62 Å². The molecule has 1 aliphatic rings. The van der Waals surface area contributed by atoms with Crippen LogP contribution in [-0.2, 0) is 24.3 Å². The van der Waals surface area contributed by atoms with E-state index in [1.165, 1.54) is 29.6 Å². The number of hydrogen-bond donors (Lipinski definition) is 1. The number of carbonyl (C=O) groups is 2. The molecule has 1 aromatic rings. The van der Waals surface area contributed by atoms with Gasteiger partial charge in [-0.3, -0.25) is 9.59 Å². The molecule has 1 aliphatic heterocycles. The zero-order valence-electron chi connectivity index (χ0n) is 14.1. The fourth-order valence-corrected chi connectivity index (χ4v) is 3.83. The highest BCUT2D eigenvalue weighted by Gasteiger charge is 2.26. The maximum absolute atomic E-state index is 12.6. The fraction of sp³-hybridized carbons (Fsp3) is 0.500. The molecule has 2 rings (SSSR count). The molecule has 0 unspecified atom stereocenters. The summed E-state index contributed by atoms with van der Waals surface area (Å²) in [5.41, 5.74) is 0.257. The lowest BCUT2D eigenvalue weighted by molar-refractivity contribution is -0.140. The van der Waals surface area contributed by atoms with Crippen molar-refractivity contribution < 1.29 is 27.5 Å². The Morgan fingerprint density at radius 3 is 2.68 bits per heavy atom. The van der Waals surface area contributed by atoms with E-state index in [1.54, 1.807) is 6.07 Å². The van der Waals surface area contributed by atoms with Crippen LogP contribution in [0.3, 0.4) is 0 Å². The predicted molar refractivity (Wildman–Crippen MR) is 89.6 cm³/mol. The monoisotopic (exact) mass is 370 g/mol. The Morgan fingerprint density at radius 1 is 1.28 bits per heavy atom. The largest absolute Gasteiger partial charge is 0.469 e. The summed E-state index contributed by atoms with van der Waals surface area (Å²) < 4.78 is 36.3. The molecule has 0 bridgehead atoms. The molecule has 1 amide bonds. The summed E-state index contributed by atoms with van der Waals surface area (Å²) in [6.45, 7) is 1.62. The van der Waals surface area contributed by atoms with E-state index in [-0.39, 0.29) is 28.8 Å². The van der Waals surface area contributed by atoms with Crippen molar-refractivity contribution >= 4 is 21.9 Å². The topological polar surface area (TPSA) is 102 Å². The quantitative estimate of drug-likeness (QED) is 0.550. The van der Waals surface area contributed by atoms with Crippen molar-refractivity contribution in [2.24, 2.45) is 0 Å². The molecule has 138 valence electrons. The van der Waals surface area contributed by atoms with Crippen molar-refractivity contribution in [3.8, 4) is 0 Å². The Bertz CT molecular complexity index is 713. The van der Waals surface area contributed by atoms with Crippen LogP contribution in [0.15, 0.2) is 29.2 Å². The number of rotatable bonds is 7. The van der Waals surface area contributed by atoms with E-state index in [1.807, 2.05) is 0 Å². The molecule has 0 radical (unpaired) electrons. The second kappa shape index (κ2) is 8.93. The van der Waals surface area contributed by atoms with E-state index in [0.29, 0.717) is 39.3 Å². The van der Waals surface area contributed by atoms with Crippen LogP contribution in [0.2, 0.25) is 0 Å². The molecule has 25 heavy (non-hydrogen) atoms. The number of benzene rings is 1. The summed E-state index contributed by atoms with van der Waals surface area (Å²) in [5, 5.41) is 2.66. The summed E-state index contributed by atoms with van der Waals surface area (Å²) in [4.78, 5) is 23.3. The molecule has 1 fully saturated rings. The maximum Gasteiger partial charge on any atom is 0.305 e. The van der Waals surface area contributed by atoms with Crippen LogP contribution in [0.4, 0.5) is 0 Å². The molecule has 0 spiro atoms. The van der Waals surface area contributed by atoms with Gasteiger partial charge in [-0.2, -0.15) is 4.31 Å². The van der Waals surface area contributed by atoms with E-state index in [2.05, 4.69) is 10.1 Å². The van der Waals surface area contributed by atoms with Gasteiger partial charge in [-0.05, 0) is 24.6 Å². The lowest BCUT2D eigenvalue weighted by atomic mass is 10.2. The third-order valence-electron chi connectivity index (χ3n) is 3.77. The molecule has 0 saturated carbocycles. The Balaban J connectivity index is 2.00. The van der Waals surface area contributed by atoms with Crippen LogP contribution < -0.4 is 5.32 Å². The summed E-state index contributed by atoms with van der Waals surface area (Å²) in [5.74, 6) is -0.725. The first kappa shape index (κ1) is 19.4. The van der Waals surface area contributed by atoms with Crippen molar-refractivity contribution in [3.63, 3.8) is 0 Å². The second-order valence-electron chi connectivity index (χ2n) is 5.48. The van der Waals surface area contributed by atoms with Gasteiger partial charge < -0.3 is 14.8 Å². The van der Waals surface area contributed by atoms with Gasteiger partial charge in [-0.25, -0.2) is 8.42 Å². The first-order valence-corrected chi connectivity index (χ1v) is 9.42. The Kier molecular flexibility index (Phi) is 6.91. The molecule has 9 heteroatoms. The number of ether oxygens (including phenoxy) is 2. The number of esters is 1. The van der Waals surface area contributed by atoms with E-state index in [4.69, 9.17) is 4.74 Å². The predicted octanol–water partition coefficient (Wildman–Crippen LogP) is 0.391. The molecule has 1 aromatic carbocycles. The zero-order chi connectivity index (χ0) is 18.3. The van der Waals surface area contributed by atoms with Crippen molar-refractivity contribution in [2.75, 3.05) is 40.0 Å². The van der Waals surface area contributed by atoms with Gasteiger partial charge in [0.2, 0.25) is 10.0 Å². The number of carbonyl (C=O) groups excluding carboxylic acids is 2. The Morgan fingerprint density at radius 2 is 2.00 bits per heavy atom. The number of hydrogen-bond acceptors (Lipinski definition) is 6. The van der Waals surface area contributed by atoms with E-state index in [0.717, 1.165) is 0 Å². The highest BCUT2D eigenvalue weighted by Crippen LogP contribution is 2.18. The molecule has 0 aromatic heterocycles. The number of amides is 1. The first-order valence-electron chi connectivity index (χ1n) is 7.98. The number of nitrogens with zero attached hydrogens (tertiary/aromatic N) is 1. The minimum absolute atomic E-state index is 0.0802. The standard InChI is InChI=1S/C16H22N2O6S/c1-23-15(19)6-3-7-17-16(20)13-4-2-5-14(12-13)25(21,22)18-8-10-24-11-9-18/h2,4-5,12H,3,6-11H2,1H3,(H,17,20). The van der Waals surface area contributed by atoms with Gasteiger partial charge in [0.25, 0.3) is 5.91 Å². The summed E-state index contributed by atoms with van der Waals surface area (Å²) in [6, 6.07) is 5.92. The number of morpholine rings is 1. The maximum atomic E-state index is 12.6. The Labute approximate surface area is 147 Å². The van der Waals surface area contributed by atoms with Crippen molar-refractivity contribution in [3.05, 3.63) is 29.8 Å². The fourth-order valence-electron chi connectivity index (χ4n) is 2.37. The van der Waals surface area contributed by atoms with Gasteiger partial charge in [0.05, 0.1) is 25.2 Å². The van der Waals surface area contributed by atoms with Gasteiger partial charge >= 0.3 is 5.97 Å². The van der Waals surface area contributed by atoms with E-state index < -0.39 is 10.0 Å². The summed E-state index contributed by atoms with van der Waals surface area (Å²) in [6.07, 6.45) is 0.659. The molecular formula is C16H22N2O6S. The van der Waals surface area contributed by atoms with Gasteiger partial charge in [0.1, 0.15) is 0 Å². The third-order valence-corrected chi connectivity index (χ3v) is 5.67. The van der Waals surface area contributed by atoms with E-state index >= 15 is 0 Å². The van der Waals surface area contributed by atoms with E-state index in [9.17, 15) is 18.0 Å². The molecule has 0 atom stereocenters. The minimum Gasteiger partial charge on any atom is -0.469 e. The third kappa shape index (κ3) is 5.25. The molecular weight excluding hydrogens is 348 g/mol. The molecule has 0 aliphatic carbocycles. The normalized spacial score (nSPS) is 15.6. The minimum atomic E-state index is -3.65. The lowest BCUT2D eigenvalue weighted by Crippen LogP contribution is -2.40. The summed E-state index contributed by atoms with van der Waals surface area (Å²) in [7, 11) is -2.34. The van der Waals surface area contributed by atoms with Gasteiger partial charge in [-0.1, -0.05) is 6.07 Å². The van der Waals surface area contributed by atoms with Crippen LogP contribution in [0.1, 0.15) is 23.2 Å². The number of methoxy groups -OCH3 is 1. The van der Waals surface area contributed by atoms with Crippen molar-refractivity contribution in [1.29, 1.82) is 0 Å². The van der Waals surface area contributed by atoms with Gasteiger partial charge in [-0.15, -0.1) is 0 Å². The van der Waals surface area contributed by atoms with Crippen LogP contribution >= 0.6 is 0 Å². The first-order chi connectivity index (χ1) is 11.9. The SMILES string of the molecule is COC(=O)CCCNC(=O)c1cccc(S(=O)(=O)N2CCOCC2)c1. The molecule has 1 heterocycles. The van der Waals surface area contributed by atoms with Crippen LogP contribution in [0, 0.1) is 0 Å². The Hall–Kier alpha value is -1.97. The number of sulfonamides is 1.